The first-order valence-electron chi connectivity index (χ1n) is 3.86. The van der Waals surface area contributed by atoms with Crippen LogP contribution in [-0.4, -0.2) is 4.98 Å². The number of hydrogen-bond donors (Lipinski definition) is 1. The van der Waals surface area contributed by atoms with Crippen LogP contribution >= 0.6 is 11.3 Å². The molecule has 80 valence electrons. The fourth-order valence-electron chi connectivity index (χ4n) is 1.04. The maximum absolute atomic E-state index is 12.3. The second kappa shape index (κ2) is 3.27. The highest BCUT2D eigenvalue weighted by molar-refractivity contribution is 7.18. The normalized spacial score (nSPS) is 11.9. The van der Waals surface area contributed by atoms with Crippen LogP contribution in [0.5, 0.6) is 0 Å². The topological polar surface area (TPSA) is 52.0 Å². The maximum atomic E-state index is 12.3. The highest BCUT2D eigenvalue weighted by atomic mass is 32.1. The minimum Gasteiger partial charge on any atom is -0.462 e. The first kappa shape index (κ1) is 10.0. The lowest BCUT2D eigenvalue weighted by Crippen LogP contribution is -2.08. The molecular weight excluding hydrogens is 229 g/mol. The number of hydrogen-bond acceptors (Lipinski definition) is 4. The van der Waals surface area contributed by atoms with E-state index in [2.05, 4.69) is 4.98 Å². The lowest BCUT2D eigenvalue weighted by molar-refractivity contribution is -0.140. The molecule has 3 nitrogen and oxygen atoms in total. The Kier molecular flexibility index (Phi) is 2.18. The lowest BCUT2D eigenvalue weighted by Gasteiger charge is -2.01. The third-order valence-electron chi connectivity index (χ3n) is 1.65. The van der Waals surface area contributed by atoms with Gasteiger partial charge in [0.05, 0.1) is 6.26 Å². The molecule has 0 unspecified atom stereocenters. The molecule has 0 saturated heterocycles. The Morgan fingerprint density at radius 1 is 1.40 bits per heavy atom. The van der Waals surface area contributed by atoms with Crippen molar-refractivity contribution in [3.63, 3.8) is 0 Å². The Bertz CT molecular complexity index is 461. The Labute approximate surface area is 86.3 Å². The molecule has 0 aliphatic heterocycles. The smallest absolute Gasteiger partial charge is 0.436 e. The number of nitrogen functional groups attached to an aromatic ring is 1. The number of nitrogens with two attached hydrogens (primary N) is 1. The van der Waals surface area contributed by atoms with Crippen molar-refractivity contribution >= 4 is 16.3 Å². The van der Waals surface area contributed by atoms with Crippen LogP contribution in [0.4, 0.5) is 18.2 Å². The van der Waals surface area contributed by atoms with Gasteiger partial charge in [-0.05, 0) is 12.1 Å². The summed E-state index contributed by atoms with van der Waals surface area (Å²) < 4.78 is 41.9. The van der Waals surface area contributed by atoms with Crippen LogP contribution in [-0.2, 0) is 6.18 Å². The van der Waals surface area contributed by atoms with Gasteiger partial charge in [0.25, 0.3) is 0 Å². The molecule has 0 aliphatic carbocycles. The van der Waals surface area contributed by atoms with E-state index in [-0.39, 0.29) is 15.8 Å². The molecule has 2 heterocycles. The first-order chi connectivity index (χ1) is 6.98. The number of alkyl halides is 3. The number of anilines is 1. The van der Waals surface area contributed by atoms with Crippen molar-refractivity contribution in [2.45, 2.75) is 6.18 Å². The number of furan rings is 1. The zero-order valence-corrected chi connectivity index (χ0v) is 8.02. The number of rotatable bonds is 1. The van der Waals surface area contributed by atoms with Crippen molar-refractivity contribution in [1.29, 1.82) is 0 Å². The summed E-state index contributed by atoms with van der Waals surface area (Å²) in [5.41, 5.74) is 4.17. The summed E-state index contributed by atoms with van der Waals surface area (Å²) in [6.45, 7) is 0. The van der Waals surface area contributed by atoms with E-state index in [1.807, 2.05) is 0 Å². The van der Waals surface area contributed by atoms with E-state index >= 15 is 0 Å². The maximum Gasteiger partial charge on any atom is 0.436 e. The minimum atomic E-state index is -4.52. The molecular formula is C8H5F3N2OS. The Balaban J connectivity index is 2.47. The number of aromatic nitrogens is 1. The second-order valence-electron chi connectivity index (χ2n) is 2.71. The molecule has 15 heavy (non-hydrogen) atoms. The fraction of sp³-hybridized carbons (Fsp3) is 0.125. The molecule has 0 spiro atoms. The summed E-state index contributed by atoms with van der Waals surface area (Å²) in [6.07, 6.45) is -3.16. The highest BCUT2D eigenvalue weighted by Crippen LogP contribution is 2.39. The molecule has 2 aromatic heterocycles. The third-order valence-corrected chi connectivity index (χ3v) is 2.55. The molecule has 0 aliphatic rings. The van der Waals surface area contributed by atoms with Crippen molar-refractivity contribution in [3.05, 3.63) is 24.1 Å². The molecule has 0 radical (unpaired) electrons. The first-order valence-corrected chi connectivity index (χ1v) is 4.67. The molecule has 0 fully saturated rings. The monoisotopic (exact) mass is 234 g/mol. The van der Waals surface area contributed by atoms with E-state index < -0.39 is 11.9 Å². The fourth-order valence-corrected chi connectivity index (χ4v) is 1.86. The largest absolute Gasteiger partial charge is 0.462 e. The standard InChI is InChI=1S/C8H5F3N2OS/c9-8(10,11)5-6(12)15-7(13-5)4-2-1-3-14-4/h1-3H,12H2. The van der Waals surface area contributed by atoms with Crippen molar-refractivity contribution in [1.82, 2.24) is 4.98 Å². The van der Waals surface area contributed by atoms with Crippen LogP contribution in [0.3, 0.4) is 0 Å². The number of nitrogens with zero attached hydrogens (tertiary/aromatic N) is 1. The van der Waals surface area contributed by atoms with Crippen LogP contribution < -0.4 is 5.73 Å². The molecule has 0 bridgehead atoms. The van der Waals surface area contributed by atoms with Crippen LogP contribution in [0.15, 0.2) is 22.8 Å². The SMILES string of the molecule is Nc1sc(-c2ccco2)nc1C(F)(F)F. The molecule has 0 aromatic carbocycles. The van der Waals surface area contributed by atoms with E-state index in [0.717, 1.165) is 11.3 Å². The van der Waals surface area contributed by atoms with Gasteiger partial charge >= 0.3 is 6.18 Å². The summed E-state index contributed by atoms with van der Waals surface area (Å²) in [6, 6.07) is 3.10. The molecule has 2 N–H and O–H groups in total. The summed E-state index contributed by atoms with van der Waals surface area (Å²) in [5.74, 6) is 0.280. The van der Waals surface area contributed by atoms with Gasteiger partial charge in [-0.2, -0.15) is 13.2 Å². The van der Waals surface area contributed by atoms with E-state index in [4.69, 9.17) is 10.2 Å². The summed E-state index contributed by atoms with van der Waals surface area (Å²) >= 11 is 0.752. The van der Waals surface area contributed by atoms with Gasteiger partial charge in [-0.15, -0.1) is 0 Å². The van der Waals surface area contributed by atoms with Crippen molar-refractivity contribution < 1.29 is 17.6 Å². The van der Waals surface area contributed by atoms with Gasteiger partial charge < -0.3 is 10.2 Å². The van der Waals surface area contributed by atoms with Gasteiger partial charge in [0.1, 0.15) is 5.00 Å². The van der Waals surface area contributed by atoms with E-state index in [1.54, 1.807) is 6.07 Å². The zero-order chi connectivity index (χ0) is 11.1. The quantitative estimate of drug-likeness (QED) is 0.825. The van der Waals surface area contributed by atoms with E-state index in [1.165, 1.54) is 12.3 Å². The lowest BCUT2D eigenvalue weighted by atomic mass is 10.4. The zero-order valence-electron chi connectivity index (χ0n) is 7.21. The average Bonchev–Trinajstić information content (AvgIpc) is 2.68. The number of halogens is 3. The molecule has 0 saturated carbocycles. The van der Waals surface area contributed by atoms with Crippen molar-refractivity contribution in [3.8, 4) is 10.8 Å². The summed E-state index contributed by atoms with van der Waals surface area (Å²) in [4.78, 5) is 3.40. The van der Waals surface area contributed by atoms with Gasteiger partial charge in [0.2, 0.25) is 0 Å². The molecule has 7 heteroatoms. The molecule has 0 amide bonds. The van der Waals surface area contributed by atoms with Gasteiger partial charge in [0.15, 0.2) is 16.5 Å². The summed E-state index contributed by atoms with van der Waals surface area (Å²) in [7, 11) is 0. The van der Waals surface area contributed by atoms with E-state index in [0.29, 0.717) is 0 Å². The predicted octanol–water partition coefficient (Wildman–Crippen LogP) is 3.00. The second-order valence-corrected chi connectivity index (χ2v) is 3.74. The van der Waals surface area contributed by atoms with Crippen LogP contribution in [0.1, 0.15) is 5.69 Å². The minimum absolute atomic E-state index is 0.129. The highest BCUT2D eigenvalue weighted by Gasteiger charge is 2.37. The van der Waals surface area contributed by atoms with Crippen LogP contribution in [0.2, 0.25) is 0 Å². The molecule has 2 aromatic rings. The Hall–Kier alpha value is -1.50. The van der Waals surface area contributed by atoms with E-state index in [9.17, 15) is 13.2 Å². The van der Waals surface area contributed by atoms with Crippen LogP contribution in [0, 0.1) is 0 Å². The molecule has 0 atom stereocenters. The number of thiazole rings is 1. The Morgan fingerprint density at radius 3 is 2.60 bits per heavy atom. The predicted molar refractivity (Wildman–Crippen MR) is 49.2 cm³/mol. The van der Waals surface area contributed by atoms with Crippen LogP contribution in [0.25, 0.3) is 10.8 Å². The van der Waals surface area contributed by atoms with Crippen molar-refractivity contribution in [2.24, 2.45) is 0 Å². The summed E-state index contributed by atoms with van der Waals surface area (Å²) in [5, 5.41) is -0.223. The van der Waals surface area contributed by atoms with Gasteiger partial charge in [-0.3, -0.25) is 0 Å². The molecule has 2 rings (SSSR count). The van der Waals surface area contributed by atoms with Gasteiger partial charge in [-0.1, -0.05) is 11.3 Å². The third kappa shape index (κ3) is 1.82. The Morgan fingerprint density at radius 2 is 2.13 bits per heavy atom. The van der Waals surface area contributed by atoms with Gasteiger partial charge in [0, 0.05) is 0 Å². The average molecular weight is 234 g/mol. The van der Waals surface area contributed by atoms with Crippen molar-refractivity contribution in [2.75, 3.05) is 5.73 Å². The van der Waals surface area contributed by atoms with Gasteiger partial charge in [-0.25, -0.2) is 4.98 Å².